The summed E-state index contributed by atoms with van der Waals surface area (Å²) in [7, 11) is 0. The molecule has 2 unspecified atom stereocenters. The molecular weight excluding hydrogens is 168 g/mol. The van der Waals surface area contributed by atoms with Crippen LogP contribution in [0.3, 0.4) is 0 Å². The van der Waals surface area contributed by atoms with Gasteiger partial charge >= 0.3 is 0 Å². The smallest absolute Gasteiger partial charge is 0.0233 e. The molecule has 0 nitrogen and oxygen atoms in total. The molecule has 0 aromatic rings. The van der Waals surface area contributed by atoms with Crippen LogP contribution >= 0.6 is 0 Å². The molecule has 82 valence electrons. The van der Waals surface area contributed by atoms with Crippen LogP contribution in [0.2, 0.25) is 0 Å². The number of rotatable bonds is 4. The summed E-state index contributed by atoms with van der Waals surface area (Å²) in [4.78, 5) is 0. The highest BCUT2D eigenvalue weighted by Crippen LogP contribution is 2.72. The predicted molar refractivity (Wildman–Crippen MR) is 64.3 cm³/mol. The van der Waals surface area contributed by atoms with E-state index in [9.17, 15) is 0 Å². The topological polar surface area (TPSA) is 0 Å². The zero-order valence-electron chi connectivity index (χ0n) is 10.7. The molecule has 0 N–H and O–H groups in total. The van der Waals surface area contributed by atoms with Gasteiger partial charge < -0.3 is 0 Å². The lowest BCUT2D eigenvalue weighted by atomic mass is 9.88. The summed E-state index contributed by atoms with van der Waals surface area (Å²) in [5, 5.41) is 0. The number of hydrogen-bond donors (Lipinski definition) is 0. The Morgan fingerprint density at radius 2 is 1.79 bits per heavy atom. The average molecular weight is 194 g/mol. The van der Waals surface area contributed by atoms with Gasteiger partial charge in [-0.05, 0) is 42.4 Å². The lowest BCUT2D eigenvalue weighted by molar-refractivity contribution is 0.335. The van der Waals surface area contributed by atoms with Gasteiger partial charge in [0.05, 0.1) is 0 Å². The zero-order chi connectivity index (χ0) is 11.0. The molecule has 2 atom stereocenters. The second-order valence-corrected chi connectivity index (χ2v) is 6.09. The Morgan fingerprint density at radius 1 is 1.21 bits per heavy atom. The summed E-state index contributed by atoms with van der Waals surface area (Å²) in [6, 6.07) is 0. The monoisotopic (exact) mass is 194 g/mol. The Bertz CT molecular complexity index is 222. The second-order valence-electron chi connectivity index (χ2n) is 6.09. The third-order valence-corrected chi connectivity index (χ3v) is 4.47. The summed E-state index contributed by atoms with van der Waals surface area (Å²) < 4.78 is 0. The summed E-state index contributed by atoms with van der Waals surface area (Å²) in [5.41, 5.74) is 1.14. The molecule has 1 aliphatic carbocycles. The van der Waals surface area contributed by atoms with Crippen LogP contribution in [0.15, 0.2) is 12.2 Å². The Labute approximate surface area is 89.8 Å². The lowest BCUT2D eigenvalue weighted by Gasteiger charge is -2.17. The highest BCUT2D eigenvalue weighted by atomic mass is 14.7. The largest absolute Gasteiger partial charge is 0.0917 e. The van der Waals surface area contributed by atoms with E-state index in [-0.39, 0.29) is 0 Å². The van der Waals surface area contributed by atoms with Crippen molar-refractivity contribution in [2.75, 3.05) is 0 Å². The van der Waals surface area contributed by atoms with Gasteiger partial charge in [-0.2, -0.15) is 0 Å². The highest BCUT2D eigenvalue weighted by molar-refractivity contribution is 5.16. The van der Waals surface area contributed by atoms with Crippen LogP contribution in [0.4, 0.5) is 0 Å². The minimum atomic E-state index is 0.552. The van der Waals surface area contributed by atoms with Crippen LogP contribution in [0.5, 0.6) is 0 Å². The predicted octanol–water partition coefficient (Wildman–Crippen LogP) is 4.66. The van der Waals surface area contributed by atoms with E-state index in [1.54, 1.807) is 0 Å². The molecule has 1 aliphatic rings. The molecule has 0 saturated heterocycles. The molecule has 0 bridgehead atoms. The van der Waals surface area contributed by atoms with Crippen molar-refractivity contribution in [2.45, 2.75) is 54.4 Å². The van der Waals surface area contributed by atoms with Crippen molar-refractivity contribution in [3.05, 3.63) is 12.2 Å². The second kappa shape index (κ2) is 3.72. The molecule has 0 spiro atoms. The fourth-order valence-electron chi connectivity index (χ4n) is 3.28. The van der Waals surface area contributed by atoms with Gasteiger partial charge in [-0.15, -0.1) is 0 Å². The van der Waals surface area contributed by atoms with Gasteiger partial charge in [-0.1, -0.05) is 46.8 Å². The van der Waals surface area contributed by atoms with E-state index in [4.69, 9.17) is 0 Å². The normalized spacial score (nSPS) is 35.5. The molecule has 14 heavy (non-hydrogen) atoms. The van der Waals surface area contributed by atoms with Crippen molar-refractivity contribution in [2.24, 2.45) is 22.7 Å². The van der Waals surface area contributed by atoms with Crippen LogP contribution in [-0.2, 0) is 0 Å². The van der Waals surface area contributed by atoms with E-state index in [0.717, 1.165) is 11.8 Å². The van der Waals surface area contributed by atoms with Gasteiger partial charge in [-0.3, -0.25) is 0 Å². The van der Waals surface area contributed by atoms with Crippen molar-refractivity contribution in [3.63, 3.8) is 0 Å². The summed E-state index contributed by atoms with van der Waals surface area (Å²) >= 11 is 0. The number of allylic oxidation sites excluding steroid dienone is 2. The SMILES string of the molecule is CC=CCC1C(C)(C)C1(C)CC(C)C. The lowest BCUT2D eigenvalue weighted by Crippen LogP contribution is -2.07. The van der Waals surface area contributed by atoms with E-state index < -0.39 is 0 Å². The Kier molecular flexibility index (Phi) is 3.13. The van der Waals surface area contributed by atoms with Crippen LogP contribution in [0.25, 0.3) is 0 Å². The van der Waals surface area contributed by atoms with E-state index in [2.05, 4.69) is 53.7 Å². The summed E-state index contributed by atoms with van der Waals surface area (Å²) in [6.07, 6.45) is 7.16. The Hall–Kier alpha value is -0.260. The summed E-state index contributed by atoms with van der Waals surface area (Å²) in [5.74, 6) is 1.73. The minimum absolute atomic E-state index is 0.552. The number of hydrogen-bond acceptors (Lipinski definition) is 0. The van der Waals surface area contributed by atoms with Crippen LogP contribution in [0.1, 0.15) is 54.4 Å². The molecule has 0 amide bonds. The minimum Gasteiger partial charge on any atom is -0.0917 e. The molecule has 1 fully saturated rings. The van der Waals surface area contributed by atoms with Crippen molar-refractivity contribution in [3.8, 4) is 0 Å². The fraction of sp³-hybridized carbons (Fsp3) is 0.857. The van der Waals surface area contributed by atoms with Crippen molar-refractivity contribution in [1.29, 1.82) is 0 Å². The van der Waals surface area contributed by atoms with Crippen molar-refractivity contribution >= 4 is 0 Å². The van der Waals surface area contributed by atoms with Crippen molar-refractivity contribution in [1.82, 2.24) is 0 Å². The standard InChI is InChI=1S/C14H26/c1-7-8-9-12-13(4,5)14(12,6)10-11(2)3/h7-8,11-12H,9-10H2,1-6H3. The zero-order valence-corrected chi connectivity index (χ0v) is 10.7. The molecule has 0 radical (unpaired) electrons. The fourth-order valence-corrected chi connectivity index (χ4v) is 3.28. The first-order chi connectivity index (χ1) is 6.36. The van der Waals surface area contributed by atoms with Crippen LogP contribution in [-0.4, -0.2) is 0 Å². The summed E-state index contributed by atoms with van der Waals surface area (Å²) in [6.45, 7) is 14.1. The molecule has 0 heteroatoms. The van der Waals surface area contributed by atoms with Crippen molar-refractivity contribution < 1.29 is 0 Å². The first-order valence-electron chi connectivity index (χ1n) is 5.97. The van der Waals surface area contributed by atoms with Crippen LogP contribution < -0.4 is 0 Å². The van der Waals surface area contributed by atoms with Gasteiger partial charge in [0.1, 0.15) is 0 Å². The maximum atomic E-state index is 2.47. The first kappa shape index (κ1) is 11.8. The van der Waals surface area contributed by atoms with Gasteiger partial charge in [0.25, 0.3) is 0 Å². The maximum Gasteiger partial charge on any atom is -0.0233 e. The molecular formula is C14H26. The van der Waals surface area contributed by atoms with Gasteiger partial charge in [0, 0.05) is 0 Å². The Morgan fingerprint density at radius 3 is 2.21 bits per heavy atom. The molecule has 0 heterocycles. The molecule has 0 aliphatic heterocycles. The van der Waals surface area contributed by atoms with E-state index in [0.29, 0.717) is 10.8 Å². The highest BCUT2D eigenvalue weighted by Gasteiger charge is 2.66. The average Bonchev–Trinajstić information content (AvgIpc) is 2.41. The van der Waals surface area contributed by atoms with Gasteiger partial charge in [0.15, 0.2) is 0 Å². The first-order valence-corrected chi connectivity index (χ1v) is 5.97. The third kappa shape index (κ3) is 1.76. The Balaban J connectivity index is 2.62. The van der Waals surface area contributed by atoms with Gasteiger partial charge in [-0.25, -0.2) is 0 Å². The van der Waals surface area contributed by atoms with E-state index in [1.807, 2.05) is 0 Å². The quantitative estimate of drug-likeness (QED) is 0.571. The van der Waals surface area contributed by atoms with Crippen LogP contribution in [0, 0.1) is 22.7 Å². The maximum absolute atomic E-state index is 2.47. The van der Waals surface area contributed by atoms with E-state index >= 15 is 0 Å². The molecule has 1 saturated carbocycles. The third-order valence-electron chi connectivity index (χ3n) is 4.47. The molecule has 1 rings (SSSR count). The molecule has 0 aromatic carbocycles. The van der Waals surface area contributed by atoms with E-state index in [1.165, 1.54) is 12.8 Å². The molecule has 0 aromatic heterocycles. The van der Waals surface area contributed by atoms with Gasteiger partial charge in [0.2, 0.25) is 0 Å².